The molecule has 0 unspecified atom stereocenters. The van der Waals surface area contributed by atoms with Crippen molar-refractivity contribution in [3.63, 3.8) is 0 Å². The molecule has 0 aromatic carbocycles. The van der Waals surface area contributed by atoms with E-state index in [0.717, 1.165) is 0 Å². The van der Waals surface area contributed by atoms with Crippen molar-refractivity contribution >= 4 is 0 Å². The summed E-state index contributed by atoms with van der Waals surface area (Å²) < 4.78 is 33.9. The van der Waals surface area contributed by atoms with Crippen LogP contribution in [0.5, 0.6) is 0 Å². The van der Waals surface area contributed by atoms with Gasteiger partial charge in [-0.25, -0.2) is 0 Å². The first-order chi connectivity index (χ1) is 4.06. The predicted octanol–water partition coefficient (Wildman–Crippen LogP) is 2.31. The van der Waals surface area contributed by atoms with Gasteiger partial charge >= 0.3 is 6.18 Å². The summed E-state index contributed by atoms with van der Waals surface area (Å²) in [4.78, 5) is 0. The summed E-state index contributed by atoms with van der Waals surface area (Å²) in [6, 6.07) is 0. The van der Waals surface area contributed by atoms with Gasteiger partial charge in [0.15, 0.2) is 0 Å². The maximum atomic E-state index is 11.3. The van der Waals surface area contributed by atoms with Gasteiger partial charge < -0.3 is 0 Å². The lowest BCUT2D eigenvalue weighted by Crippen LogP contribution is -2.05. The van der Waals surface area contributed by atoms with Crippen LogP contribution in [0, 0.1) is 12.3 Å². The van der Waals surface area contributed by atoms with Crippen LogP contribution >= 0.6 is 0 Å². The Morgan fingerprint density at radius 1 is 1.33 bits per heavy atom. The quantitative estimate of drug-likeness (QED) is 0.402. The van der Waals surface area contributed by atoms with E-state index in [0.29, 0.717) is 0 Å². The highest BCUT2D eigenvalue weighted by molar-refractivity contribution is 4.75. The van der Waals surface area contributed by atoms with Gasteiger partial charge in [0.2, 0.25) is 0 Å². The molecule has 9 heavy (non-hydrogen) atoms. The number of rotatable bonds is 2. The second-order valence-corrected chi connectivity index (χ2v) is 1.65. The highest BCUT2D eigenvalue weighted by atomic mass is 19.4. The molecule has 0 heterocycles. The summed E-state index contributed by atoms with van der Waals surface area (Å²) in [6.45, 7) is 0. The molecule has 0 amide bonds. The van der Waals surface area contributed by atoms with Gasteiger partial charge in [0.1, 0.15) is 0 Å². The number of halogens is 3. The van der Waals surface area contributed by atoms with E-state index in [-0.39, 0.29) is 12.8 Å². The molecule has 3 heteroatoms. The smallest absolute Gasteiger partial charge is 0.171 e. The fourth-order valence-corrected chi connectivity index (χ4v) is 0.377. The lowest BCUT2D eigenvalue weighted by Gasteiger charge is -2.01. The Labute approximate surface area is 52.1 Å². The molecule has 0 saturated heterocycles. The summed E-state index contributed by atoms with van der Waals surface area (Å²) in [6.07, 6.45) is 1.49. The van der Waals surface area contributed by atoms with Crippen molar-refractivity contribution in [3.05, 3.63) is 6.42 Å². The largest absolute Gasteiger partial charge is 0.389 e. The van der Waals surface area contributed by atoms with Crippen LogP contribution < -0.4 is 0 Å². The van der Waals surface area contributed by atoms with Crippen LogP contribution in [-0.4, -0.2) is 6.18 Å². The van der Waals surface area contributed by atoms with Crippen molar-refractivity contribution in [2.75, 3.05) is 0 Å². The van der Waals surface area contributed by atoms with Crippen molar-refractivity contribution < 1.29 is 13.2 Å². The average Bonchev–Trinajstić information content (AvgIpc) is 1.63. The molecular formula is C6H6F3. The highest BCUT2D eigenvalue weighted by Gasteiger charge is 2.25. The summed E-state index contributed by atoms with van der Waals surface area (Å²) in [7, 11) is 0. The van der Waals surface area contributed by atoms with Crippen LogP contribution in [0.2, 0.25) is 0 Å². The van der Waals surface area contributed by atoms with Crippen molar-refractivity contribution in [3.8, 4) is 5.92 Å². The van der Waals surface area contributed by atoms with Crippen molar-refractivity contribution in [2.45, 2.75) is 25.4 Å². The molecule has 0 N–H and O–H groups in total. The zero-order valence-corrected chi connectivity index (χ0v) is 4.76. The molecule has 0 aliphatic rings. The normalized spacial score (nSPS) is 10.9. The second kappa shape index (κ2) is 3.39. The van der Waals surface area contributed by atoms with E-state index in [9.17, 15) is 13.2 Å². The van der Waals surface area contributed by atoms with Gasteiger partial charge in [0.25, 0.3) is 0 Å². The molecular weight excluding hydrogens is 129 g/mol. The first kappa shape index (κ1) is 8.35. The third-order valence-corrected chi connectivity index (χ3v) is 0.762. The Balaban J connectivity index is 3.20. The van der Waals surface area contributed by atoms with Crippen LogP contribution in [-0.2, 0) is 0 Å². The molecule has 0 aliphatic carbocycles. The zero-order chi connectivity index (χ0) is 7.33. The van der Waals surface area contributed by atoms with Crippen molar-refractivity contribution in [1.82, 2.24) is 0 Å². The van der Waals surface area contributed by atoms with Gasteiger partial charge in [-0.15, -0.1) is 0 Å². The van der Waals surface area contributed by atoms with Gasteiger partial charge in [-0.3, -0.25) is 0 Å². The minimum atomic E-state index is -4.07. The maximum absolute atomic E-state index is 11.3. The highest BCUT2D eigenvalue weighted by Crippen LogP contribution is 2.21. The molecule has 0 atom stereocenters. The molecule has 0 aromatic rings. The van der Waals surface area contributed by atoms with Gasteiger partial charge in [-0.1, -0.05) is 5.92 Å². The van der Waals surface area contributed by atoms with E-state index in [4.69, 9.17) is 6.42 Å². The second-order valence-electron chi connectivity index (χ2n) is 1.65. The molecule has 0 nitrogen and oxygen atoms in total. The molecule has 0 spiro atoms. The molecule has 0 bridgehead atoms. The first-order valence-electron chi connectivity index (χ1n) is 2.52. The summed E-state index contributed by atoms with van der Waals surface area (Å²) in [5.74, 6) is 1.89. The zero-order valence-electron chi connectivity index (χ0n) is 4.76. The molecule has 0 aromatic heterocycles. The predicted molar refractivity (Wildman–Crippen MR) is 27.0 cm³/mol. The van der Waals surface area contributed by atoms with E-state index in [1.807, 2.05) is 5.92 Å². The number of hydrogen-bond donors (Lipinski definition) is 0. The van der Waals surface area contributed by atoms with Crippen molar-refractivity contribution in [2.24, 2.45) is 0 Å². The van der Waals surface area contributed by atoms with Gasteiger partial charge in [-0.2, -0.15) is 13.2 Å². The Morgan fingerprint density at radius 2 is 1.89 bits per heavy atom. The van der Waals surface area contributed by atoms with E-state index in [1.165, 1.54) is 0 Å². The van der Waals surface area contributed by atoms with Crippen molar-refractivity contribution in [1.29, 1.82) is 0 Å². The summed E-state index contributed by atoms with van der Waals surface area (Å²) in [5.41, 5.74) is 0. The Bertz CT molecular complexity index is 106. The standard InChI is InChI=1S/C6H6F3/c1-2-3-4-5-6(7,8)9/h3-5H2. The molecule has 0 rings (SSSR count). The molecule has 51 valence electrons. The van der Waals surface area contributed by atoms with Gasteiger partial charge in [0, 0.05) is 12.8 Å². The van der Waals surface area contributed by atoms with E-state index >= 15 is 0 Å². The van der Waals surface area contributed by atoms with Crippen LogP contribution in [0.25, 0.3) is 0 Å². The summed E-state index contributed by atoms with van der Waals surface area (Å²) in [5, 5.41) is 0. The Hall–Kier alpha value is -0.650. The minimum Gasteiger partial charge on any atom is -0.171 e. The number of alkyl halides is 3. The topological polar surface area (TPSA) is 0 Å². The SMILES string of the molecule is [C]#CCCCC(F)(F)F. The van der Waals surface area contributed by atoms with E-state index < -0.39 is 12.6 Å². The molecule has 0 fully saturated rings. The van der Waals surface area contributed by atoms with Crippen LogP contribution in [0.4, 0.5) is 13.2 Å². The molecule has 1 radical (unpaired) electrons. The first-order valence-corrected chi connectivity index (χ1v) is 2.52. The summed E-state index contributed by atoms with van der Waals surface area (Å²) >= 11 is 0. The Kier molecular flexibility index (Phi) is 3.15. The Morgan fingerprint density at radius 3 is 2.22 bits per heavy atom. The lowest BCUT2D eigenvalue weighted by molar-refractivity contribution is -0.135. The van der Waals surface area contributed by atoms with Crippen LogP contribution in [0.15, 0.2) is 0 Å². The van der Waals surface area contributed by atoms with Gasteiger partial charge in [-0.05, 0) is 12.8 Å². The van der Waals surface area contributed by atoms with Crippen LogP contribution in [0.3, 0.4) is 0 Å². The number of hydrogen-bond acceptors (Lipinski definition) is 0. The van der Waals surface area contributed by atoms with Crippen LogP contribution in [0.1, 0.15) is 19.3 Å². The lowest BCUT2D eigenvalue weighted by atomic mass is 10.2. The fraction of sp³-hybridized carbons (Fsp3) is 0.667. The third kappa shape index (κ3) is 7.35. The maximum Gasteiger partial charge on any atom is 0.389 e. The molecule has 0 aliphatic heterocycles. The molecule has 0 saturated carbocycles. The minimum absolute atomic E-state index is 0.0208. The average molecular weight is 135 g/mol. The van der Waals surface area contributed by atoms with E-state index in [1.54, 1.807) is 0 Å². The van der Waals surface area contributed by atoms with Gasteiger partial charge in [0.05, 0.1) is 0 Å². The fourth-order valence-electron chi connectivity index (χ4n) is 0.377. The number of unbranched alkanes of at least 4 members (excludes halogenated alkanes) is 1. The monoisotopic (exact) mass is 135 g/mol. The van der Waals surface area contributed by atoms with E-state index in [2.05, 4.69) is 0 Å². The third-order valence-electron chi connectivity index (χ3n) is 0.762.